The minimum absolute atomic E-state index is 0.294. The zero-order valence-electron chi connectivity index (χ0n) is 16.2. The summed E-state index contributed by atoms with van der Waals surface area (Å²) in [6.07, 6.45) is -0.712. The van der Waals surface area contributed by atoms with Crippen molar-refractivity contribution in [1.82, 2.24) is 0 Å². The summed E-state index contributed by atoms with van der Waals surface area (Å²) in [6.45, 7) is 5.52. The van der Waals surface area contributed by atoms with E-state index < -0.39 is 12.1 Å². The second-order valence-corrected chi connectivity index (χ2v) is 6.43. The lowest BCUT2D eigenvalue weighted by Gasteiger charge is -2.17. The first kappa shape index (κ1) is 19.4. The average Bonchev–Trinajstić information content (AvgIpc) is 2.70. The number of benzene rings is 3. The largest absolute Gasteiger partial charge is 0.480 e. The SMILES string of the molecule is CCOC(=O)c1cccc(NC(=O)[C@@H](C)Oc2cccc3ccccc23)c1C. The van der Waals surface area contributed by atoms with Crippen LogP contribution >= 0.6 is 0 Å². The molecule has 0 aromatic heterocycles. The van der Waals surface area contributed by atoms with Gasteiger partial charge in [-0.1, -0.05) is 42.5 Å². The van der Waals surface area contributed by atoms with Crippen molar-refractivity contribution in [1.29, 1.82) is 0 Å². The Morgan fingerprint density at radius 1 is 1.00 bits per heavy atom. The van der Waals surface area contributed by atoms with Crippen LogP contribution in [0.3, 0.4) is 0 Å². The smallest absolute Gasteiger partial charge is 0.338 e. The van der Waals surface area contributed by atoms with E-state index in [1.807, 2.05) is 42.5 Å². The van der Waals surface area contributed by atoms with E-state index in [-0.39, 0.29) is 5.91 Å². The molecular weight excluding hydrogens is 354 g/mol. The molecular formula is C23H23NO4. The lowest BCUT2D eigenvalue weighted by molar-refractivity contribution is -0.122. The average molecular weight is 377 g/mol. The predicted molar refractivity (Wildman–Crippen MR) is 110 cm³/mol. The van der Waals surface area contributed by atoms with E-state index in [0.29, 0.717) is 29.2 Å². The number of amides is 1. The van der Waals surface area contributed by atoms with Crippen LogP contribution in [0.1, 0.15) is 29.8 Å². The number of anilines is 1. The monoisotopic (exact) mass is 377 g/mol. The topological polar surface area (TPSA) is 64.6 Å². The van der Waals surface area contributed by atoms with Gasteiger partial charge in [-0.2, -0.15) is 0 Å². The molecule has 0 heterocycles. The zero-order valence-corrected chi connectivity index (χ0v) is 16.2. The predicted octanol–water partition coefficient (Wildman–Crippen LogP) is 4.73. The zero-order chi connectivity index (χ0) is 20.1. The summed E-state index contributed by atoms with van der Waals surface area (Å²) in [7, 11) is 0. The van der Waals surface area contributed by atoms with Crippen molar-refractivity contribution in [3.63, 3.8) is 0 Å². The van der Waals surface area contributed by atoms with Crippen molar-refractivity contribution in [3.8, 4) is 5.75 Å². The first-order chi connectivity index (χ1) is 13.5. The molecule has 5 heteroatoms. The molecule has 3 aromatic carbocycles. The minimum Gasteiger partial charge on any atom is -0.480 e. The van der Waals surface area contributed by atoms with Gasteiger partial charge in [0, 0.05) is 11.1 Å². The molecule has 1 atom stereocenters. The maximum atomic E-state index is 12.7. The highest BCUT2D eigenvalue weighted by molar-refractivity contribution is 5.98. The highest BCUT2D eigenvalue weighted by Gasteiger charge is 2.19. The van der Waals surface area contributed by atoms with Gasteiger partial charge in [-0.05, 0) is 49.9 Å². The van der Waals surface area contributed by atoms with E-state index in [4.69, 9.17) is 9.47 Å². The number of ether oxygens (including phenoxy) is 2. The maximum absolute atomic E-state index is 12.7. The standard InChI is InChI=1S/C23H23NO4/c1-4-27-23(26)18-12-8-13-20(15(18)2)24-22(25)16(3)28-21-14-7-10-17-9-5-6-11-19(17)21/h5-14,16H,4H2,1-3H3,(H,24,25)/t16-/m1/s1. The molecule has 0 aliphatic rings. The van der Waals surface area contributed by atoms with Gasteiger partial charge in [0.2, 0.25) is 0 Å². The molecule has 144 valence electrons. The molecule has 3 rings (SSSR count). The molecule has 1 N–H and O–H groups in total. The van der Waals surface area contributed by atoms with E-state index in [1.54, 1.807) is 39.0 Å². The van der Waals surface area contributed by atoms with E-state index in [1.165, 1.54) is 0 Å². The van der Waals surface area contributed by atoms with Crippen LogP contribution in [0.5, 0.6) is 5.75 Å². The van der Waals surface area contributed by atoms with E-state index in [2.05, 4.69) is 5.32 Å². The van der Waals surface area contributed by atoms with Gasteiger partial charge in [-0.25, -0.2) is 4.79 Å². The van der Waals surface area contributed by atoms with Gasteiger partial charge < -0.3 is 14.8 Å². The summed E-state index contributed by atoms with van der Waals surface area (Å²) in [5.41, 5.74) is 1.65. The highest BCUT2D eigenvalue weighted by Crippen LogP contribution is 2.26. The van der Waals surface area contributed by atoms with Gasteiger partial charge in [0.1, 0.15) is 5.75 Å². The Balaban J connectivity index is 1.76. The molecule has 0 bridgehead atoms. The molecule has 0 radical (unpaired) electrons. The van der Waals surface area contributed by atoms with Gasteiger partial charge in [-0.15, -0.1) is 0 Å². The van der Waals surface area contributed by atoms with Crippen LogP contribution in [0, 0.1) is 6.92 Å². The molecule has 0 aliphatic carbocycles. The Kier molecular flexibility index (Phi) is 5.94. The number of carbonyl (C=O) groups excluding carboxylic acids is 2. The normalized spacial score (nSPS) is 11.7. The summed E-state index contributed by atoms with van der Waals surface area (Å²) < 4.78 is 11.0. The van der Waals surface area contributed by atoms with Crippen molar-refractivity contribution < 1.29 is 19.1 Å². The molecule has 0 unspecified atom stereocenters. The van der Waals surface area contributed by atoms with Crippen LogP contribution in [0.25, 0.3) is 10.8 Å². The fraction of sp³-hybridized carbons (Fsp3) is 0.217. The van der Waals surface area contributed by atoms with Gasteiger partial charge in [0.15, 0.2) is 6.10 Å². The Morgan fingerprint density at radius 3 is 2.50 bits per heavy atom. The summed E-state index contributed by atoms with van der Waals surface area (Å²) in [5, 5.41) is 4.84. The summed E-state index contributed by atoms with van der Waals surface area (Å²) in [6, 6.07) is 18.7. The second-order valence-electron chi connectivity index (χ2n) is 6.43. The number of hydrogen-bond acceptors (Lipinski definition) is 4. The molecule has 0 spiro atoms. The van der Waals surface area contributed by atoms with Crippen LogP contribution in [-0.2, 0) is 9.53 Å². The van der Waals surface area contributed by atoms with Crippen molar-refractivity contribution in [2.24, 2.45) is 0 Å². The van der Waals surface area contributed by atoms with Crippen molar-refractivity contribution >= 4 is 28.3 Å². The van der Waals surface area contributed by atoms with Crippen molar-refractivity contribution in [3.05, 3.63) is 71.8 Å². The number of esters is 1. The summed E-state index contributed by atoms with van der Waals surface area (Å²) in [4.78, 5) is 24.7. The first-order valence-electron chi connectivity index (χ1n) is 9.23. The summed E-state index contributed by atoms with van der Waals surface area (Å²) >= 11 is 0. The van der Waals surface area contributed by atoms with Crippen LogP contribution in [-0.4, -0.2) is 24.6 Å². The van der Waals surface area contributed by atoms with Crippen molar-refractivity contribution in [2.45, 2.75) is 26.9 Å². The molecule has 5 nitrogen and oxygen atoms in total. The number of carbonyl (C=O) groups is 2. The quantitative estimate of drug-likeness (QED) is 0.631. The molecule has 0 saturated heterocycles. The Hall–Kier alpha value is -3.34. The molecule has 0 fully saturated rings. The molecule has 0 aliphatic heterocycles. The molecule has 1 amide bonds. The Labute approximate surface area is 164 Å². The molecule has 0 saturated carbocycles. The second kappa shape index (κ2) is 8.57. The fourth-order valence-corrected chi connectivity index (χ4v) is 2.98. The minimum atomic E-state index is -0.712. The van der Waals surface area contributed by atoms with Crippen molar-refractivity contribution in [2.75, 3.05) is 11.9 Å². The van der Waals surface area contributed by atoms with Crippen LogP contribution < -0.4 is 10.1 Å². The van der Waals surface area contributed by atoms with Crippen LogP contribution in [0.15, 0.2) is 60.7 Å². The Morgan fingerprint density at radius 2 is 1.71 bits per heavy atom. The fourth-order valence-electron chi connectivity index (χ4n) is 2.98. The maximum Gasteiger partial charge on any atom is 0.338 e. The van der Waals surface area contributed by atoms with Crippen LogP contribution in [0.4, 0.5) is 5.69 Å². The third kappa shape index (κ3) is 4.14. The van der Waals surface area contributed by atoms with E-state index >= 15 is 0 Å². The number of rotatable bonds is 6. The van der Waals surface area contributed by atoms with Crippen LogP contribution in [0.2, 0.25) is 0 Å². The van der Waals surface area contributed by atoms with E-state index in [0.717, 1.165) is 10.8 Å². The third-order valence-electron chi connectivity index (χ3n) is 4.51. The van der Waals surface area contributed by atoms with Gasteiger partial charge in [-0.3, -0.25) is 4.79 Å². The summed E-state index contributed by atoms with van der Waals surface area (Å²) in [5.74, 6) is -0.0501. The molecule has 3 aromatic rings. The lowest BCUT2D eigenvalue weighted by Crippen LogP contribution is -2.30. The van der Waals surface area contributed by atoms with E-state index in [9.17, 15) is 9.59 Å². The molecule has 28 heavy (non-hydrogen) atoms. The number of fused-ring (bicyclic) bond motifs is 1. The lowest BCUT2D eigenvalue weighted by atomic mass is 10.1. The first-order valence-corrected chi connectivity index (χ1v) is 9.23. The van der Waals surface area contributed by atoms with Gasteiger partial charge in [0.05, 0.1) is 12.2 Å². The highest BCUT2D eigenvalue weighted by atomic mass is 16.5. The number of hydrogen-bond donors (Lipinski definition) is 1. The number of nitrogens with one attached hydrogen (secondary N) is 1. The van der Waals surface area contributed by atoms with Gasteiger partial charge in [0.25, 0.3) is 5.91 Å². The Bertz CT molecular complexity index is 1010. The van der Waals surface area contributed by atoms with Gasteiger partial charge >= 0.3 is 5.97 Å². The third-order valence-corrected chi connectivity index (χ3v) is 4.51.